The first-order chi connectivity index (χ1) is 9.90. The van der Waals surface area contributed by atoms with Crippen LogP contribution in [0.25, 0.3) is 0 Å². The largest absolute Gasteiger partial charge is 0.347 e. The van der Waals surface area contributed by atoms with Gasteiger partial charge in [-0.25, -0.2) is 0 Å². The van der Waals surface area contributed by atoms with Crippen molar-refractivity contribution < 1.29 is 9.47 Å². The Kier molecular flexibility index (Phi) is 4.34. The second-order valence-electron chi connectivity index (χ2n) is 8.26. The van der Waals surface area contributed by atoms with E-state index in [1.807, 2.05) is 0 Å². The monoisotopic (exact) mass is 296 g/mol. The summed E-state index contributed by atoms with van der Waals surface area (Å²) in [5, 5.41) is 0. The Balaban J connectivity index is 1.61. The van der Waals surface area contributed by atoms with Gasteiger partial charge in [-0.05, 0) is 43.7 Å². The van der Waals surface area contributed by atoms with E-state index in [0.29, 0.717) is 11.5 Å². The van der Waals surface area contributed by atoms with Crippen LogP contribution in [-0.4, -0.2) is 49.1 Å². The van der Waals surface area contributed by atoms with Crippen LogP contribution in [0.3, 0.4) is 0 Å². The number of rotatable bonds is 1. The standard InChI is InChI=1S/C17H32N2O2/c1-16(2,3)13-5-8-19(9-6-13)15-12-17(7-4-14(15)18)20-10-11-21-17/h13-15H,4-12,18H2,1-3H3. The summed E-state index contributed by atoms with van der Waals surface area (Å²) in [6, 6.07) is 0.701. The maximum absolute atomic E-state index is 6.43. The van der Waals surface area contributed by atoms with Gasteiger partial charge < -0.3 is 15.2 Å². The molecule has 4 nitrogen and oxygen atoms in total. The minimum absolute atomic E-state index is 0.273. The molecular weight excluding hydrogens is 264 g/mol. The fourth-order valence-electron chi connectivity index (χ4n) is 4.41. The van der Waals surface area contributed by atoms with E-state index < -0.39 is 0 Å². The smallest absolute Gasteiger partial charge is 0.170 e. The summed E-state index contributed by atoms with van der Waals surface area (Å²) in [7, 11) is 0. The third kappa shape index (κ3) is 3.29. The van der Waals surface area contributed by atoms with Crippen LogP contribution in [0, 0.1) is 11.3 Å². The summed E-state index contributed by atoms with van der Waals surface area (Å²) >= 11 is 0. The van der Waals surface area contributed by atoms with E-state index in [-0.39, 0.29) is 11.8 Å². The van der Waals surface area contributed by atoms with Crippen LogP contribution >= 0.6 is 0 Å². The van der Waals surface area contributed by atoms with Crippen LogP contribution in [0.15, 0.2) is 0 Å². The third-order valence-electron chi connectivity index (χ3n) is 5.91. The lowest BCUT2D eigenvalue weighted by Crippen LogP contribution is -2.58. The summed E-state index contributed by atoms with van der Waals surface area (Å²) in [6.45, 7) is 11.0. The van der Waals surface area contributed by atoms with Crippen molar-refractivity contribution in [3.8, 4) is 0 Å². The predicted molar refractivity (Wildman–Crippen MR) is 84.0 cm³/mol. The molecule has 3 fully saturated rings. The lowest BCUT2D eigenvalue weighted by atomic mass is 9.74. The molecule has 122 valence electrons. The number of nitrogens with two attached hydrogens (primary N) is 1. The van der Waals surface area contributed by atoms with E-state index in [9.17, 15) is 0 Å². The van der Waals surface area contributed by atoms with Crippen LogP contribution in [0.4, 0.5) is 0 Å². The zero-order chi connectivity index (χ0) is 15.1. The van der Waals surface area contributed by atoms with Crippen LogP contribution in [0.1, 0.15) is 52.9 Å². The van der Waals surface area contributed by atoms with Gasteiger partial charge in [-0.3, -0.25) is 4.90 Å². The number of nitrogens with zero attached hydrogens (tertiary/aromatic N) is 1. The van der Waals surface area contributed by atoms with Crippen molar-refractivity contribution in [1.29, 1.82) is 0 Å². The van der Waals surface area contributed by atoms with Crippen molar-refractivity contribution >= 4 is 0 Å². The summed E-state index contributed by atoms with van der Waals surface area (Å²) < 4.78 is 11.8. The Labute approximate surface area is 129 Å². The molecule has 3 aliphatic rings. The fourth-order valence-corrected chi connectivity index (χ4v) is 4.41. The molecule has 21 heavy (non-hydrogen) atoms. The average Bonchev–Trinajstić information content (AvgIpc) is 2.90. The maximum atomic E-state index is 6.43. The van der Waals surface area contributed by atoms with Crippen molar-refractivity contribution in [1.82, 2.24) is 4.90 Å². The highest BCUT2D eigenvalue weighted by Gasteiger charge is 2.46. The summed E-state index contributed by atoms with van der Waals surface area (Å²) in [6.07, 6.45) is 5.52. The number of ether oxygens (including phenoxy) is 2. The molecule has 2 atom stereocenters. The van der Waals surface area contributed by atoms with Gasteiger partial charge in [0.1, 0.15) is 0 Å². The first-order valence-electron chi connectivity index (χ1n) is 8.67. The summed E-state index contributed by atoms with van der Waals surface area (Å²) in [4.78, 5) is 2.61. The molecule has 1 spiro atoms. The molecule has 0 aromatic rings. The maximum Gasteiger partial charge on any atom is 0.170 e. The predicted octanol–water partition coefficient (Wildman–Crippen LogP) is 2.37. The van der Waals surface area contributed by atoms with E-state index >= 15 is 0 Å². The molecule has 2 saturated heterocycles. The highest BCUT2D eigenvalue weighted by atomic mass is 16.7. The second kappa shape index (κ2) is 5.80. The second-order valence-corrected chi connectivity index (χ2v) is 8.26. The van der Waals surface area contributed by atoms with E-state index in [1.54, 1.807) is 0 Å². The zero-order valence-electron chi connectivity index (χ0n) is 13.9. The number of piperidine rings is 1. The van der Waals surface area contributed by atoms with Crippen LogP contribution < -0.4 is 5.73 Å². The van der Waals surface area contributed by atoms with Gasteiger partial charge in [0, 0.05) is 24.9 Å². The van der Waals surface area contributed by atoms with Gasteiger partial charge in [0.2, 0.25) is 0 Å². The molecular formula is C17H32N2O2. The van der Waals surface area contributed by atoms with Gasteiger partial charge in [0.05, 0.1) is 13.2 Å². The fraction of sp³-hybridized carbons (Fsp3) is 1.00. The van der Waals surface area contributed by atoms with Gasteiger partial charge in [-0.2, -0.15) is 0 Å². The average molecular weight is 296 g/mol. The first kappa shape index (κ1) is 15.7. The third-order valence-corrected chi connectivity index (χ3v) is 5.91. The zero-order valence-corrected chi connectivity index (χ0v) is 13.9. The molecule has 2 aliphatic heterocycles. The van der Waals surface area contributed by atoms with Crippen molar-refractivity contribution in [2.24, 2.45) is 17.1 Å². The number of hydrogen-bond donors (Lipinski definition) is 1. The molecule has 0 radical (unpaired) electrons. The van der Waals surface area contributed by atoms with Crippen molar-refractivity contribution in [2.75, 3.05) is 26.3 Å². The number of likely N-dealkylation sites (tertiary alicyclic amines) is 1. The summed E-state index contributed by atoms with van der Waals surface area (Å²) in [5.74, 6) is 0.517. The molecule has 2 heterocycles. The molecule has 2 unspecified atom stereocenters. The van der Waals surface area contributed by atoms with Gasteiger partial charge in [0.15, 0.2) is 5.79 Å². The Morgan fingerprint density at radius 3 is 2.24 bits per heavy atom. The Morgan fingerprint density at radius 1 is 1.05 bits per heavy atom. The number of hydrogen-bond acceptors (Lipinski definition) is 4. The molecule has 1 saturated carbocycles. The molecule has 0 bridgehead atoms. The molecule has 1 aliphatic carbocycles. The van der Waals surface area contributed by atoms with Gasteiger partial charge >= 0.3 is 0 Å². The minimum atomic E-state index is -0.318. The molecule has 4 heteroatoms. The van der Waals surface area contributed by atoms with Crippen LogP contribution in [-0.2, 0) is 9.47 Å². The normalized spacial score (nSPS) is 35.4. The lowest BCUT2D eigenvalue weighted by molar-refractivity contribution is -0.193. The molecule has 0 aromatic carbocycles. The van der Waals surface area contributed by atoms with E-state index in [2.05, 4.69) is 25.7 Å². The van der Waals surface area contributed by atoms with Gasteiger partial charge in [-0.15, -0.1) is 0 Å². The van der Waals surface area contributed by atoms with Gasteiger partial charge in [-0.1, -0.05) is 20.8 Å². The quantitative estimate of drug-likeness (QED) is 0.807. The van der Waals surface area contributed by atoms with E-state index in [0.717, 1.165) is 38.4 Å². The Morgan fingerprint density at radius 2 is 1.67 bits per heavy atom. The molecule has 2 N–H and O–H groups in total. The summed E-state index contributed by atoms with van der Waals surface area (Å²) in [5.41, 5.74) is 6.86. The van der Waals surface area contributed by atoms with Crippen molar-refractivity contribution in [3.05, 3.63) is 0 Å². The van der Waals surface area contributed by atoms with Crippen LogP contribution in [0.2, 0.25) is 0 Å². The Bertz CT molecular complexity index is 352. The lowest BCUT2D eigenvalue weighted by Gasteiger charge is -2.48. The topological polar surface area (TPSA) is 47.7 Å². The van der Waals surface area contributed by atoms with Crippen molar-refractivity contribution in [2.45, 2.75) is 70.7 Å². The van der Waals surface area contributed by atoms with Crippen molar-refractivity contribution in [3.63, 3.8) is 0 Å². The van der Waals surface area contributed by atoms with E-state index in [1.165, 1.54) is 25.9 Å². The van der Waals surface area contributed by atoms with E-state index in [4.69, 9.17) is 15.2 Å². The SMILES string of the molecule is CC(C)(C)C1CCN(C2CC3(CCC2N)OCCO3)CC1. The molecule has 3 rings (SSSR count). The molecule has 0 aromatic heterocycles. The van der Waals surface area contributed by atoms with Crippen LogP contribution in [0.5, 0.6) is 0 Å². The highest BCUT2D eigenvalue weighted by Crippen LogP contribution is 2.40. The van der Waals surface area contributed by atoms with Gasteiger partial charge in [0.25, 0.3) is 0 Å². The first-order valence-corrected chi connectivity index (χ1v) is 8.67. The highest BCUT2D eigenvalue weighted by molar-refractivity contribution is 4.96. The molecule has 0 amide bonds. The Hall–Kier alpha value is -0.160. The minimum Gasteiger partial charge on any atom is -0.347 e.